The molecular formula is C14H17F2N3O2. The topological polar surface area (TPSA) is 70.2 Å². The summed E-state index contributed by atoms with van der Waals surface area (Å²) in [5.74, 6) is -2.50. The van der Waals surface area contributed by atoms with Crippen LogP contribution in [0.4, 0.5) is 14.5 Å². The van der Waals surface area contributed by atoms with Gasteiger partial charge in [-0.2, -0.15) is 0 Å². The molecule has 0 heterocycles. The smallest absolute Gasteiger partial charge is 0.238 e. The second kappa shape index (κ2) is 6.62. The third kappa shape index (κ3) is 4.49. The van der Waals surface area contributed by atoms with Gasteiger partial charge < -0.3 is 10.6 Å². The molecule has 2 rings (SSSR count). The first-order valence-corrected chi connectivity index (χ1v) is 6.75. The quantitative estimate of drug-likeness (QED) is 0.738. The Morgan fingerprint density at radius 3 is 2.48 bits per heavy atom. The molecule has 0 saturated heterocycles. The van der Waals surface area contributed by atoms with E-state index in [0.717, 1.165) is 25.0 Å². The van der Waals surface area contributed by atoms with Crippen LogP contribution in [0, 0.1) is 11.6 Å². The Morgan fingerprint density at radius 1 is 1.29 bits per heavy atom. The maximum atomic E-state index is 13.3. The van der Waals surface area contributed by atoms with Gasteiger partial charge in [-0.25, -0.2) is 8.78 Å². The molecule has 5 nitrogen and oxygen atoms in total. The zero-order chi connectivity index (χ0) is 15.4. The average molecular weight is 297 g/mol. The van der Waals surface area contributed by atoms with Crippen molar-refractivity contribution in [3.8, 4) is 0 Å². The summed E-state index contributed by atoms with van der Waals surface area (Å²) in [4.78, 5) is 23.3. The number of rotatable bonds is 6. The number of hydrogen-bond acceptors (Lipinski definition) is 3. The highest BCUT2D eigenvalue weighted by atomic mass is 19.1. The van der Waals surface area contributed by atoms with Gasteiger partial charge in [0.1, 0.15) is 17.3 Å². The maximum Gasteiger partial charge on any atom is 0.238 e. The highest BCUT2D eigenvalue weighted by Crippen LogP contribution is 2.19. The summed E-state index contributed by atoms with van der Waals surface area (Å²) in [7, 11) is 0. The molecule has 0 spiro atoms. The van der Waals surface area contributed by atoms with Gasteiger partial charge in [0.15, 0.2) is 0 Å². The van der Waals surface area contributed by atoms with Crippen molar-refractivity contribution >= 4 is 17.5 Å². The minimum absolute atomic E-state index is 0.192. The second-order valence-electron chi connectivity index (χ2n) is 5.03. The zero-order valence-corrected chi connectivity index (χ0v) is 11.6. The molecule has 3 N–H and O–H groups in total. The van der Waals surface area contributed by atoms with Gasteiger partial charge in [0.05, 0.1) is 12.6 Å². The SMILES string of the molecule is CC(NCC(=O)Nc1c(F)cccc1F)C(=O)NC1CC1. The fraction of sp³-hybridized carbons (Fsp3) is 0.429. The second-order valence-corrected chi connectivity index (χ2v) is 5.03. The Hall–Kier alpha value is -2.02. The van der Waals surface area contributed by atoms with Crippen LogP contribution in [0.5, 0.6) is 0 Å². The van der Waals surface area contributed by atoms with E-state index in [1.54, 1.807) is 6.92 Å². The molecule has 0 aromatic heterocycles. The molecule has 1 aliphatic carbocycles. The lowest BCUT2D eigenvalue weighted by Crippen LogP contribution is -2.45. The van der Waals surface area contributed by atoms with Gasteiger partial charge in [-0.1, -0.05) is 6.07 Å². The van der Waals surface area contributed by atoms with Crippen LogP contribution >= 0.6 is 0 Å². The summed E-state index contributed by atoms with van der Waals surface area (Å²) < 4.78 is 26.7. The number of halogens is 2. The van der Waals surface area contributed by atoms with Crippen molar-refractivity contribution in [3.05, 3.63) is 29.8 Å². The highest BCUT2D eigenvalue weighted by Gasteiger charge is 2.25. The Balaban J connectivity index is 1.80. The van der Waals surface area contributed by atoms with Crippen LogP contribution in [0.2, 0.25) is 0 Å². The monoisotopic (exact) mass is 297 g/mol. The summed E-state index contributed by atoms with van der Waals surface area (Å²) in [6.07, 6.45) is 1.96. The van der Waals surface area contributed by atoms with Gasteiger partial charge in [0.25, 0.3) is 0 Å². The van der Waals surface area contributed by atoms with Gasteiger partial charge in [0.2, 0.25) is 11.8 Å². The molecule has 1 aliphatic rings. The lowest BCUT2D eigenvalue weighted by atomic mass is 10.2. The number of benzene rings is 1. The number of nitrogens with one attached hydrogen (secondary N) is 3. The molecule has 1 aromatic rings. The summed E-state index contributed by atoms with van der Waals surface area (Å²) in [5, 5.41) is 7.64. The fourth-order valence-corrected chi connectivity index (χ4v) is 1.69. The van der Waals surface area contributed by atoms with Crippen molar-refractivity contribution in [3.63, 3.8) is 0 Å². The molecule has 21 heavy (non-hydrogen) atoms. The molecule has 1 saturated carbocycles. The molecule has 0 radical (unpaired) electrons. The van der Waals surface area contributed by atoms with Crippen LogP contribution in [0.25, 0.3) is 0 Å². The van der Waals surface area contributed by atoms with E-state index in [4.69, 9.17) is 0 Å². The Bertz CT molecular complexity index is 527. The van der Waals surface area contributed by atoms with Crippen molar-refractivity contribution < 1.29 is 18.4 Å². The third-order valence-electron chi connectivity index (χ3n) is 3.11. The minimum Gasteiger partial charge on any atom is -0.352 e. The molecule has 114 valence electrons. The Labute approximate surface area is 121 Å². The van der Waals surface area contributed by atoms with Gasteiger partial charge in [-0.3, -0.25) is 14.9 Å². The van der Waals surface area contributed by atoms with Crippen LogP contribution in [-0.2, 0) is 9.59 Å². The van der Waals surface area contributed by atoms with E-state index in [2.05, 4.69) is 16.0 Å². The Kier molecular flexibility index (Phi) is 4.85. The van der Waals surface area contributed by atoms with Crippen molar-refractivity contribution in [2.75, 3.05) is 11.9 Å². The average Bonchev–Trinajstić information content (AvgIpc) is 3.24. The number of para-hydroxylation sites is 1. The first-order valence-electron chi connectivity index (χ1n) is 6.75. The van der Waals surface area contributed by atoms with Gasteiger partial charge >= 0.3 is 0 Å². The fourth-order valence-electron chi connectivity index (χ4n) is 1.69. The van der Waals surface area contributed by atoms with E-state index < -0.39 is 29.3 Å². The number of amides is 2. The van der Waals surface area contributed by atoms with E-state index in [1.807, 2.05) is 0 Å². The normalized spacial score (nSPS) is 15.4. The largest absolute Gasteiger partial charge is 0.352 e. The molecule has 2 amide bonds. The molecule has 7 heteroatoms. The minimum atomic E-state index is -0.845. The molecule has 1 atom stereocenters. The molecule has 1 fully saturated rings. The van der Waals surface area contributed by atoms with Crippen LogP contribution in [-0.4, -0.2) is 30.4 Å². The van der Waals surface area contributed by atoms with E-state index >= 15 is 0 Å². The van der Waals surface area contributed by atoms with E-state index in [0.29, 0.717) is 0 Å². The number of carbonyl (C=O) groups is 2. The lowest BCUT2D eigenvalue weighted by molar-refractivity contribution is -0.123. The van der Waals surface area contributed by atoms with E-state index in [-0.39, 0.29) is 18.5 Å². The predicted octanol–water partition coefficient (Wildman–Crippen LogP) is 1.16. The lowest BCUT2D eigenvalue weighted by Gasteiger charge is -2.14. The van der Waals surface area contributed by atoms with Gasteiger partial charge in [0, 0.05) is 6.04 Å². The van der Waals surface area contributed by atoms with E-state index in [1.165, 1.54) is 6.07 Å². The van der Waals surface area contributed by atoms with Crippen molar-refractivity contribution in [2.24, 2.45) is 0 Å². The van der Waals surface area contributed by atoms with Gasteiger partial charge in [-0.15, -0.1) is 0 Å². The molecule has 0 aliphatic heterocycles. The summed E-state index contributed by atoms with van der Waals surface area (Å²) in [6, 6.07) is 3.00. The van der Waals surface area contributed by atoms with Crippen molar-refractivity contribution in [1.82, 2.24) is 10.6 Å². The highest BCUT2D eigenvalue weighted by molar-refractivity contribution is 5.93. The summed E-state index contributed by atoms with van der Waals surface area (Å²) in [5.41, 5.74) is -0.487. The number of carbonyl (C=O) groups excluding carboxylic acids is 2. The molecule has 1 unspecified atom stereocenters. The van der Waals surface area contributed by atoms with Crippen molar-refractivity contribution in [2.45, 2.75) is 31.8 Å². The van der Waals surface area contributed by atoms with Crippen LogP contribution in [0.15, 0.2) is 18.2 Å². The van der Waals surface area contributed by atoms with Crippen LogP contribution in [0.3, 0.4) is 0 Å². The third-order valence-corrected chi connectivity index (χ3v) is 3.11. The summed E-state index contributed by atoms with van der Waals surface area (Å²) in [6.45, 7) is 1.40. The van der Waals surface area contributed by atoms with Crippen LogP contribution in [0.1, 0.15) is 19.8 Å². The summed E-state index contributed by atoms with van der Waals surface area (Å²) >= 11 is 0. The zero-order valence-electron chi connectivity index (χ0n) is 11.6. The first kappa shape index (κ1) is 15.4. The van der Waals surface area contributed by atoms with Crippen molar-refractivity contribution in [1.29, 1.82) is 0 Å². The van der Waals surface area contributed by atoms with Crippen LogP contribution < -0.4 is 16.0 Å². The number of hydrogen-bond donors (Lipinski definition) is 3. The van der Waals surface area contributed by atoms with Gasteiger partial charge in [-0.05, 0) is 31.9 Å². The standard InChI is InChI=1S/C14H17F2N3O2/c1-8(14(21)18-9-5-6-9)17-7-12(20)19-13-10(15)3-2-4-11(13)16/h2-4,8-9,17H,5-7H2,1H3,(H,18,21)(H,19,20). The Morgan fingerprint density at radius 2 is 1.90 bits per heavy atom. The molecule has 1 aromatic carbocycles. The molecule has 0 bridgehead atoms. The molecular weight excluding hydrogens is 280 g/mol. The van der Waals surface area contributed by atoms with E-state index in [9.17, 15) is 18.4 Å². The number of anilines is 1. The maximum absolute atomic E-state index is 13.3. The predicted molar refractivity (Wildman–Crippen MR) is 73.6 cm³/mol. The first-order chi connectivity index (χ1) is 9.97.